The molecule has 0 fully saturated rings. The molecule has 1 atom stereocenters. The fraction of sp³-hybridized carbons (Fsp3) is 0.200. The Morgan fingerprint density at radius 3 is 2.68 bits per heavy atom. The molecule has 10 heteroatoms. The van der Waals surface area contributed by atoms with Gasteiger partial charge in [0.15, 0.2) is 11.0 Å². The number of carbonyl (C=O) groups excluding carboxylic acids is 2. The van der Waals surface area contributed by atoms with Crippen molar-refractivity contribution in [3.8, 4) is 0 Å². The van der Waals surface area contributed by atoms with Gasteiger partial charge < -0.3 is 15.8 Å². The Morgan fingerprint density at radius 1 is 1.40 bits per heavy atom. The van der Waals surface area contributed by atoms with Crippen LogP contribution < -0.4 is 16.6 Å². The SMILES string of the molecule is COC(=O)[C@@H](C)Sc1nc(N)c(NC(=O)c2ccccc2F)c(=O)[nH]1. The zero-order valence-corrected chi connectivity index (χ0v) is 14.1. The Morgan fingerprint density at radius 2 is 2.08 bits per heavy atom. The number of amides is 1. The van der Waals surface area contributed by atoms with Crippen molar-refractivity contribution in [2.24, 2.45) is 0 Å². The lowest BCUT2D eigenvalue weighted by atomic mass is 10.2. The summed E-state index contributed by atoms with van der Waals surface area (Å²) in [6.07, 6.45) is 0. The quantitative estimate of drug-likeness (QED) is 0.414. The van der Waals surface area contributed by atoms with Gasteiger partial charge in [-0.05, 0) is 19.1 Å². The number of benzene rings is 1. The van der Waals surface area contributed by atoms with Gasteiger partial charge in [-0.2, -0.15) is 0 Å². The lowest BCUT2D eigenvalue weighted by Gasteiger charge is -2.11. The third-order valence-corrected chi connectivity index (χ3v) is 4.07. The highest BCUT2D eigenvalue weighted by molar-refractivity contribution is 8.00. The number of hydrogen-bond acceptors (Lipinski definition) is 7. The highest BCUT2D eigenvalue weighted by atomic mass is 32.2. The molecular weight excluding hydrogens is 351 g/mol. The molecule has 0 bridgehead atoms. The number of anilines is 2. The minimum atomic E-state index is -0.833. The molecule has 4 N–H and O–H groups in total. The van der Waals surface area contributed by atoms with Gasteiger partial charge in [0.1, 0.15) is 16.8 Å². The van der Waals surface area contributed by atoms with E-state index in [1.807, 2.05) is 0 Å². The molecule has 0 aliphatic carbocycles. The molecule has 0 aliphatic heterocycles. The molecule has 2 aromatic rings. The number of aromatic amines is 1. The molecule has 132 valence electrons. The number of nitrogens with zero attached hydrogens (tertiary/aromatic N) is 1. The summed E-state index contributed by atoms with van der Waals surface area (Å²) in [5, 5.41) is 1.71. The first-order valence-electron chi connectivity index (χ1n) is 7.03. The van der Waals surface area contributed by atoms with Crippen molar-refractivity contribution >= 4 is 35.1 Å². The number of hydrogen-bond donors (Lipinski definition) is 3. The second-order valence-electron chi connectivity index (χ2n) is 4.85. The van der Waals surface area contributed by atoms with E-state index in [9.17, 15) is 18.8 Å². The fourth-order valence-electron chi connectivity index (χ4n) is 1.85. The molecule has 0 spiro atoms. The van der Waals surface area contributed by atoms with Crippen LogP contribution in [-0.4, -0.2) is 34.2 Å². The van der Waals surface area contributed by atoms with Crippen molar-refractivity contribution in [3.63, 3.8) is 0 Å². The van der Waals surface area contributed by atoms with Gasteiger partial charge in [-0.1, -0.05) is 23.9 Å². The first kappa shape index (κ1) is 18.5. The van der Waals surface area contributed by atoms with E-state index in [1.165, 1.54) is 25.3 Å². The van der Waals surface area contributed by atoms with Crippen molar-refractivity contribution in [1.82, 2.24) is 9.97 Å². The van der Waals surface area contributed by atoms with Crippen LogP contribution in [0.2, 0.25) is 0 Å². The first-order valence-corrected chi connectivity index (χ1v) is 7.91. The van der Waals surface area contributed by atoms with Gasteiger partial charge in [-0.3, -0.25) is 19.4 Å². The Hall–Kier alpha value is -2.88. The molecule has 0 saturated heterocycles. The topological polar surface area (TPSA) is 127 Å². The second-order valence-corrected chi connectivity index (χ2v) is 6.18. The summed E-state index contributed by atoms with van der Waals surface area (Å²) < 4.78 is 18.2. The molecular formula is C15H15FN4O4S. The summed E-state index contributed by atoms with van der Waals surface area (Å²) in [6, 6.07) is 5.31. The van der Waals surface area contributed by atoms with Crippen LogP contribution in [-0.2, 0) is 9.53 Å². The van der Waals surface area contributed by atoms with Crippen LogP contribution in [0.5, 0.6) is 0 Å². The van der Waals surface area contributed by atoms with E-state index in [2.05, 4.69) is 20.0 Å². The lowest BCUT2D eigenvalue weighted by molar-refractivity contribution is -0.139. The van der Waals surface area contributed by atoms with Crippen LogP contribution in [0.1, 0.15) is 17.3 Å². The highest BCUT2D eigenvalue weighted by Crippen LogP contribution is 2.22. The van der Waals surface area contributed by atoms with Gasteiger partial charge in [-0.15, -0.1) is 0 Å². The summed E-state index contributed by atoms with van der Waals surface area (Å²) in [5.74, 6) is -2.32. The average Bonchev–Trinajstić information content (AvgIpc) is 2.57. The Bertz CT molecular complexity index is 871. The number of methoxy groups -OCH3 is 1. The van der Waals surface area contributed by atoms with Gasteiger partial charge in [0.05, 0.1) is 12.7 Å². The van der Waals surface area contributed by atoms with Gasteiger partial charge in [0, 0.05) is 0 Å². The van der Waals surface area contributed by atoms with Crippen LogP contribution in [0, 0.1) is 5.82 Å². The molecule has 1 aromatic carbocycles. The largest absolute Gasteiger partial charge is 0.468 e. The molecule has 0 unspecified atom stereocenters. The van der Waals surface area contributed by atoms with Crippen molar-refractivity contribution < 1.29 is 18.7 Å². The summed E-state index contributed by atoms with van der Waals surface area (Å²) in [6.45, 7) is 1.57. The van der Waals surface area contributed by atoms with E-state index >= 15 is 0 Å². The Labute approximate surface area is 146 Å². The minimum Gasteiger partial charge on any atom is -0.468 e. The second kappa shape index (κ2) is 7.79. The van der Waals surface area contributed by atoms with E-state index in [0.717, 1.165) is 17.8 Å². The smallest absolute Gasteiger partial charge is 0.318 e. The normalized spacial score (nSPS) is 11.6. The summed E-state index contributed by atoms with van der Waals surface area (Å²) in [4.78, 5) is 41.9. The average molecular weight is 366 g/mol. The van der Waals surface area contributed by atoms with Gasteiger partial charge >= 0.3 is 5.97 Å². The number of thioether (sulfide) groups is 1. The number of rotatable bonds is 5. The predicted molar refractivity (Wildman–Crippen MR) is 91.0 cm³/mol. The number of nitrogens with one attached hydrogen (secondary N) is 2. The number of H-pyrrole nitrogens is 1. The fourth-order valence-corrected chi connectivity index (χ4v) is 2.68. The van der Waals surface area contributed by atoms with Gasteiger partial charge in [0.2, 0.25) is 0 Å². The first-order chi connectivity index (χ1) is 11.8. The maximum absolute atomic E-state index is 13.6. The number of ether oxygens (including phenoxy) is 1. The highest BCUT2D eigenvalue weighted by Gasteiger charge is 2.19. The zero-order chi connectivity index (χ0) is 18.6. The molecule has 2 rings (SSSR count). The summed E-state index contributed by atoms with van der Waals surface area (Å²) in [7, 11) is 1.24. The van der Waals surface area contributed by atoms with Crippen molar-refractivity contribution in [2.75, 3.05) is 18.2 Å². The lowest BCUT2D eigenvalue weighted by Crippen LogP contribution is -2.24. The summed E-state index contributed by atoms with van der Waals surface area (Å²) >= 11 is 0.937. The van der Waals surface area contributed by atoms with Crippen molar-refractivity contribution in [1.29, 1.82) is 0 Å². The van der Waals surface area contributed by atoms with Crippen LogP contribution in [0.25, 0.3) is 0 Å². The number of halogens is 1. The number of nitrogens with two attached hydrogens (primary N) is 1. The van der Waals surface area contributed by atoms with E-state index < -0.39 is 28.5 Å². The van der Waals surface area contributed by atoms with E-state index in [0.29, 0.717) is 0 Å². The monoisotopic (exact) mass is 366 g/mol. The number of nitrogen functional groups attached to an aromatic ring is 1. The van der Waals surface area contributed by atoms with Crippen LogP contribution in [0.3, 0.4) is 0 Å². The van der Waals surface area contributed by atoms with E-state index in [-0.39, 0.29) is 22.2 Å². The van der Waals surface area contributed by atoms with Gasteiger partial charge in [-0.25, -0.2) is 9.37 Å². The molecule has 1 heterocycles. The molecule has 0 radical (unpaired) electrons. The number of esters is 1. The third kappa shape index (κ3) is 4.35. The standard InChI is InChI=1S/C15H15FN4O4S/c1-7(14(23)24-2)25-15-19-11(17)10(13(22)20-15)18-12(21)8-5-3-4-6-9(8)16/h3-7H,1-2H3,(H,18,21)(H3,17,19,20,22)/t7-/m1/s1. The molecule has 25 heavy (non-hydrogen) atoms. The molecule has 0 aliphatic rings. The maximum atomic E-state index is 13.6. The van der Waals surface area contributed by atoms with Crippen LogP contribution >= 0.6 is 11.8 Å². The molecule has 1 amide bonds. The molecule has 0 saturated carbocycles. The van der Waals surface area contributed by atoms with Crippen LogP contribution in [0.15, 0.2) is 34.2 Å². The van der Waals surface area contributed by atoms with E-state index in [1.54, 1.807) is 6.92 Å². The summed E-state index contributed by atoms with van der Waals surface area (Å²) in [5.41, 5.74) is 4.44. The Kier molecular flexibility index (Phi) is 5.75. The van der Waals surface area contributed by atoms with Crippen molar-refractivity contribution in [2.45, 2.75) is 17.3 Å². The van der Waals surface area contributed by atoms with Crippen molar-refractivity contribution in [3.05, 3.63) is 46.0 Å². The number of carbonyl (C=O) groups is 2. The Balaban J connectivity index is 2.23. The van der Waals surface area contributed by atoms with E-state index in [4.69, 9.17) is 5.73 Å². The molecule has 1 aromatic heterocycles. The zero-order valence-electron chi connectivity index (χ0n) is 13.3. The third-order valence-electron chi connectivity index (χ3n) is 3.10. The number of aromatic nitrogens is 2. The maximum Gasteiger partial charge on any atom is 0.318 e. The van der Waals surface area contributed by atoms with Crippen LogP contribution in [0.4, 0.5) is 15.9 Å². The van der Waals surface area contributed by atoms with Gasteiger partial charge in [0.25, 0.3) is 11.5 Å². The molecule has 8 nitrogen and oxygen atoms in total. The minimum absolute atomic E-state index is 0.0873. The predicted octanol–water partition coefficient (Wildman–Crippen LogP) is 1.40.